The van der Waals surface area contributed by atoms with E-state index < -0.39 is 15.7 Å². The first-order chi connectivity index (χ1) is 12.0. The molecule has 1 amide bonds. The van der Waals surface area contributed by atoms with Crippen molar-refractivity contribution in [2.75, 3.05) is 22.1 Å². The molecule has 1 saturated heterocycles. The van der Waals surface area contributed by atoms with Crippen LogP contribution in [0.2, 0.25) is 0 Å². The molecule has 2 heterocycles. The lowest BCUT2D eigenvalue weighted by molar-refractivity contribution is 0.102. The van der Waals surface area contributed by atoms with E-state index in [1.807, 2.05) is 6.07 Å². The molecule has 1 aromatic heterocycles. The molecule has 0 saturated carbocycles. The zero-order valence-corrected chi connectivity index (χ0v) is 14.1. The summed E-state index contributed by atoms with van der Waals surface area (Å²) < 4.78 is 22.9. The van der Waals surface area contributed by atoms with Gasteiger partial charge in [-0.1, -0.05) is 12.1 Å². The van der Waals surface area contributed by atoms with Crippen molar-refractivity contribution >= 4 is 27.1 Å². The first-order valence-electron chi connectivity index (χ1n) is 7.70. The van der Waals surface area contributed by atoms with Gasteiger partial charge in [0, 0.05) is 6.04 Å². The van der Waals surface area contributed by atoms with Gasteiger partial charge in [-0.15, -0.1) is 0 Å². The monoisotopic (exact) mass is 356 g/mol. The zero-order valence-electron chi connectivity index (χ0n) is 13.3. The maximum Gasteiger partial charge on any atom is 0.274 e. The Kier molecular flexibility index (Phi) is 4.67. The number of carbonyl (C=O) groups is 1. The lowest BCUT2D eigenvalue weighted by atomic mass is 10.2. The van der Waals surface area contributed by atoms with Crippen molar-refractivity contribution in [1.29, 1.82) is 5.26 Å². The molecule has 1 atom stereocenters. The Morgan fingerprint density at radius 2 is 2.04 bits per heavy atom. The van der Waals surface area contributed by atoms with Crippen LogP contribution in [0.5, 0.6) is 0 Å². The predicted molar refractivity (Wildman–Crippen MR) is 94.0 cm³/mol. The Balaban J connectivity index is 1.66. The number of carbonyl (C=O) groups excluding carboxylic acids is 1. The Bertz CT molecular complexity index is 933. The molecule has 1 aliphatic rings. The van der Waals surface area contributed by atoms with E-state index in [4.69, 9.17) is 5.26 Å². The maximum atomic E-state index is 12.2. The summed E-state index contributed by atoms with van der Waals surface area (Å²) in [4.78, 5) is 16.3. The third kappa shape index (κ3) is 4.14. The fourth-order valence-electron chi connectivity index (χ4n) is 2.63. The molecule has 0 radical (unpaired) electrons. The van der Waals surface area contributed by atoms with Gasteiger partial charge in [-0.25, -0.2) is 13.4 Å². The number of anilines is 2. The second-order valence-corrected chi connectivity index (χ2v) is 8.02. The molecule has 8 heteroatoms. The lowest BCUT2D eigenvalue weighted by Crippen LogP contribution is -2.21. The molecule has 3 rings (SSSR count). The number of hydrogen-bond acceptors (Lipinski definition) is 6. The van der Waals surface area contributed by atoms with Gasteiger partial charge in [0.1, 0.15) is 11.8 Å². The minimum Gasteiger partial charge on any atom is -0.380 e. The molecule has 2 N–H and O–H groups in total. The highest BCUT2D eigenvalue weighted by molar-refractivity contribution is 7.91. The van der Waals surface area contributed by atoms with Crippen LogP contribution in [0, 0.1) is 11.3 Å². The molecule has 128 valence electrons. The second kappa shape index (κ2) is 6.91. The van der Waals surface area contributed by atoms with E-state index in [1.165, 1.54) is 6.20 Å². The van der Waals surface area contributed by atoms with Gasteiger partial charge in [-0.05, 0) is 30.7 Å². The number of nitrogens with one attached hydrogen (secondary N) is 2. The number of sulfone groups is 1. The number of amides is 1. The first kappa shape index (κ1) is 16.9. The van der Waals surface area contributed by atoms with E-state index in [1.54, 1.807) is 36.4 Å². The highest BCUT2D eigenvalue weighted by Crippen LogP contribution is 2.18. The minimum atomic E-state index is -2.95. The van der Waals surface area contributed by atoms with E-state index in [9.17, 15) is 13.2 Å². The van der Waals surface area contributed by atoms with E-state index >= 15 is 0 Å². The third-order valence-corrected chi connectivity index (χ3v) is 5.66. The zero-order chi connectivity index (χ0) is 17.9. The quantitative estimate of drug-likeness (QED) is 0.864. The van der Waals surface area contributed by atoms with Crippen molar-refractivity contribution in [3.8, 4) is 6.07 Å². The molecule has 0 spiro atoms. The van der Waals surface area contributed by atoms with Gasteiger partial charge in [0.05, 0.1) is 34.6 Å². The summed E-state index contributed by atoms with van der Waals surface area (Å²) in [5.74, 6) is -0.116. The largest absolute Gasteiger partial charge is 0.380 e. The Hall–Kier alpha value is -2.92. The van der Waals surface area contributed by atoms with Crippen LogP contribution >= 0.6 is 0 Å². The molecule has 1 unspecified atom stereocenters. The molecule has 1 fully saturated rings. The summed E-state index contributed by atoms with van der Waals surface area (Å²) in [6, 6.07) is 11.8. The summed E-state index contributed by atoms with van der Waals surface area (Å²) >= 11 is 0. The lowest BCUT2D eigenvalue weighted by Gasteiger charge is -2.12. The van der Waals surface area contributed by atoms with Gasteiger partial charge < -0.3 is 10.6 Å². The molecule has 1 aliphatic heterocycles. The van der Waals surface area contributed by atoms with Crippen LogP contribution in [0.3, 0.4) is 0 Å². The average Bonchev–Trinajstić information content (AvgIpc) is 2.94. The van der Waals surface area contributed by atoms with Crippen LogP contribution in [0.4, 0.5) is 11.4 Å². The summed E-state index contributed by atoms with van der Waals surface area (Å²) in [6.07, 6.45) is 2.06. The van der Waals surface area contributed by atoms with Crippen LogP contribution < -0.4 is 10.6 Å². The molecule has 1 aromatic carbocycles. The number of rotatable bonds is 4. The predicted octanol–water partition coefficient (Wildman–Crippen LogP) is 1.80. The number of benzene rings is 1. The summed E-state index contributed by atoms with van der Waals surface area (Å²) in [6.45, 7) is 0. The fourth-order valence-corrected chi connectivity index (χ4v) is 4.31. The number of pyridine rings is 1. The maximum absolute atomic E-state index is 12.2. The van der Waals surface area contributed by atoms with Crippen molar-refractivity contribution in [1.82, 2.24) is 4.98 Å². The summed E-state index contributed by atoms with van der Waals surface area (Å²) in [5.41, 5.74) is 1.67. The topological polar surface area (TPSA) is 112 Å². The van der Waals surface area contributed by atoms with Gasteiger partial charge in [0.2, 0.25) is 0 Å². The van der Waals surface area contributed by atoms with Gasteiger partial charge in [0.15, 0.2) is 9.84 Å². The van der Waals surface area contributed by atoms with Crippen molar-refractivity contribution in [3.05, 3.63) is 53.9 Å². The number of nitrogens with zero attached hydrogens (tertiary/aromatic N) is 2. The normalized spacial score (nSPS) is 18.3. The molecule has 0 aliphatic carbocycles. The van der Waals surface area contributed by atoms with Gasteiger partial charge in [0.25, 0.3) is 5.91 Å². The molecule has 25 heavy (non-hydrogen) atoms. The van der Waals surface area contributed by atoms with Crippen LogP contribution in [0.1, 0.15) is 22.5 Å². The smallest absolute Gasteiger partial charge is 0.274 e. The summed E-state index contributed by atoms with van der Waals surface area (Å²) in [7, 11) is -2.95. The first-order valence-corrected chi connectivity index (χ1v) is 9.52. The molecular formula is C17H16N4O3S. The Labute approximate surface area is 145 Å². The second-order valence-electron chi connectivity index (χ2n) is 5.79. The van der Waals surface area contributed by atoms with Crippen molar-refractivity contribution < 1.29 is 13.2 Å². The Morgan fingerprint density at radius 1 is 1.24 bits per heavy atom. The van der Waals surface area contributed by atoms with Crippen LogP contribution in [0.15, 0.2) is 42.6 Å². The number of aromatic nitrogens is 1. The van der Waals surface area contributed by atoms with Gasteiger partial charge in [-0.3, -0.25) is 4.79 Å². The van der Waals surface area contributed by atoms with E-state index in [0.29, 0.717) is 23.4 Å². The molecule has 0 bridgehead atoms. The van der Waals surface area contributed by atoms with Gasteiger partial charge in [-0.2, -0.15) is 5.26 Å². The molecule has 7 nitrogen and oxygen atoms in total. The molecular weight excluding hydrogens is 340 g/mol. The number of nitriles is 1. The SMILES string of the molecule is N#Cc1ccccc1NC(=O)c1ccc(NC2CCS(=O)(=O)C2)cn1. The highest BCUT2D eigenvalue weighted by atomic mass is 32.2. The number of hydrogen-bond donors (Lipinski definition) is 2. The van der Waals surface area contributed by atoms with Crippen LogP contribution in [0.25, 0.3) is 0 Å². The van der Waals surface area contributed by atoms with Crippen molar-refractivity contribution in [3.63, 3.8) is 0 Å². The summed E-state index contributed by atoms with van der Waals surface area (Å²) in [5, 5.41) is 14.8. The third-order valence-electron chi connectivity index (χ3n) is 3.90. The van der Waals surface area contributed by atoms with Crippen LogP contribution in [-0.4, -0.2) is 36.9 Å². The minimum absolute atomic E-state index is 0.111. The standard InChI is InChI=1S/C17H16N4O3S/c18-9-12-3-1-2-4-15(12)21-17(22)16-6-5-13(10-19-16)20-14-7-8-25(23,24)11-14/h1-6,10,14,20H,7-8,11H2,(H,21,22). The van der Waals surface area contributed by atoms with Crippen LogP contribution in [-0.2, 0) is 9.84 Å². The van der Waals surface area contributed by atoms with E-state index in [2.05, 4.69) is 15.6 Å². The van der Waals surface area contributed by atoms with Gasteiger partial charge >= 0.3 is 0 Å². The Morgan fingerprint density at radius 3 is 2.68 bits per heavy atom. The molecule has 2 aromatic rings. The van der Waals surface area contributed by atoms with Crippen molar-refractivity contribution in [2.45, 2.75) is 12.5 Å². The fraction of sp³-hybridized carbons (Fsp3) is 0.235. The van der Waals surface area contributed by atoms with E-state index in [0.717, 1.165) is 0 Å². The average molecular weight is 356 g/mol. The number of para-hydroxylation sites is 1. The van der Waals surface area contributed by atoms with Crippen molar-refractivity contribution in [2.24, 2.45) is 0 Å². The highest BCUT2D eigenvalue weighted by Gasteiger charge is 2.27. The van der Waals surface area contributed by atoms with E-state index in [-0.39, 0.29) is 23.2 Å².